The normalized spacial score (nSPS) is 13.4. The molecule has 3 heteroatoms. The van der Waals surface area contributed by atoms with Crippen LogP contribution in [0.2, 0.25) is 0 Å². The average molecular weight is 197 g/mol. The molecule has 3 nitrogen and oxygen atoms in total. The second kappa shape index (κ2) is 4.96. The van der Waals surface area contributed by atoms with Crippen molar-refractivity contribution in [1.82, 2.24) is 5.32 Å². The van der Waals surface area contributed by atoms with E-state index in [0.717, 1.165) is 0 Å². The van der Waals surface area contributed by atoms with E-state index in [1.54, 1.807) is 6.08 Å². The molecule has 0 rings (SSSR count). The summed E-state index contributed by atoms with van der Waals surface area (Å²) in [6.07, 6.45) is 2.26. The number of hydrogen-bond acceptors (Lipinski definition) is 2. The molecular formula is C11H19NO2. The molecular weight excluding hydrogens is 178 g/mol. The van der Waals surface area contributed by atoms with Crippen LogP contribution in [0.4, 0.5) is 0 Å². The van der Waals surface area contributed by atoms with Crippen LogP contribution < -0.4 is 5.32 Å². The second-order valence-electron chi connectivity index (χ2n) is 4.30. The average Bonchev–Trinajstić information content (AvgIpc) is 1.99. The summed E-state index contributed by atoms with van der Waals surface area (Å²) in [5.74, 6) is -0.964. The van der Waals surface area contributed by atoms with Gasteiger partial charge in [-0.05, 0) is 27.2 Å². The number of carboxylic acids is 1. The number of carbonyl (C=O) groups is 1. The lowest BCUT2D eigenvalue weighted by Crippen LogP contribution is -2.45. The van der Waals surface area contributed by atoms with Gasteiger partial charge in [-0.25, -0.2) is 4.79 Å². The van der Waals surface area contributed by atoms with Crippen molar-refractivity contribution in [3.8, 4) is 0 Å². The molecule has 0 amide bonds. The summed E-state index contributed by atoms with van der Waals surface area (Å²) in [5, 5.41) is 12.0. The lowest BCUT2D eigenvalue weighted by atomic mass is 10.0. The Labute approximate surface area is 85.5 Å². The van der Waals surface area contributed by atoms with Crippen molar-refractivity contribution >= 4 is 5.97 Å². The molecule has 0 radical (unpaired) electrons. The molecule has 0 aliphatic rings. The first kappa shape index (κ1) is 12.9. The molecule has 1 unspecified atom stereocenters. The molecule has 0 aromatic heterocycles. The van der Waals surface area contributed by atoms with Crippen molar-refractivity contribution in [3.63, 3.8) is 0 Å². The van der Waals surface area contributed by atoms with E-state index in [4.69, 9.17) is 5.11 Å². The molecule has 0 aliphatic carbocycles. The van der Waals surface area contributed by atoms with Crippen molar-refractivity contribution in [1.29, 1.82) is 0 Å². The quantitative estimate of drug-likeness (QED) is 0.523. The highest BCUT2D eigenvalue weighted by molar-refractivity contribution is 5.87. The van der Waals surface area contributed by atoms with Crippen LogP contribution >= 0.6 is 0 Å². The van der Waals surface area contributed by atoms with E-state index >= 15 is 0 Å². The third-order valence-corrected chi connectivity index (χ3v) is 1.70. The molecule has 0 heterocycles. The van der Waals surface area contributed by atoms with E-state index in [0.29, 0.717) is 6.42 Å². The minimum Gasteiger partial charge on any atom is -0.478 e. The van der Waals surface area contributed by atoms with Crippen LogP contribution in [0.3, 0.4) is 0 Å². The fourth-order valence-electron chi connectivity index (χ4n) is 1.13. The first-order valence-electron chi connectivity index (χ1n) is 4.58. The lowest BCUT2D eigenvalue weighted by molar-refractivity contribution is -0.133. The van der Waals surface area contributed by atoms with Crippen LogP contribution in [0.5, 0.6) is 0 Å². The zero-order chi connectivity index (χ0) is 11.4. The summed E-state index contributed by atoms with van der Waals surface area (Å²) < 4.78 is 0. The first-order chi connectivity index (χ1) is 6.28. The van der Waals surface area contributed by atoms with Crippen LogP contribution in [0.1, 0.15) is 27.2 Å². The summed E-state index contributed by atoms with van der Waals surface area (Å²) >= 11 is 0. The molecule has 0 aliphatic heterocycles. The lowest BCUT2D eigenvalue weighted by Gasteiger charge is -2.28. The minimum absolute atomic E-state index is 0.133. The predicted octanol–water partition coefficient (Wildman–Crippen LogP) is 1.96. The zero-order valence-corrected chi connectivity index (χ0v) is 9.13. The first-order valence-corrected chi connectivity index (χ1v) is 4.58. The SMILES string of the molecule is C=CCC(NC(C)(C)C)C(=C)C(=O)O. The van der Waals surface area contributed by atoms with Gasteiger partial charge in [-0.1, -0.05) is 12.7 Å². The fraction of sp³-hybridized carbons (Fsp3) is 0.545. The molecule has 0 saturated heterocycles. The van der Waals surface area contributed by atoms with E-state index in [1.807, 2.05) is 20.8 Å². The molecule has 80 valence electrons. The van der Waals surface area contributed by atoms with E-state index < -0.39 is 5.97 Å². The Morgan fingerprint density at radius 3 is 2.36 bits per heavy atom. The Balaban J connectivity index is 4.52. The van der Waals surface area contributed by atoms with Crippen LogP contribution in [-0.2, 0) is 4.79 Å². The Morgan fingerprint density at radius 1 is 1.57 bits per heavy atom. The van der Waals surface area contributed by atoms with Gasteiger partial charge in [-0.15, -0.1) is 6.58 Å². The monoisotopic (exact) mass is 197 g/mol. The van der Waals surface area contributed by atoms with E-state index in [1.165, 1.54) is 0 Å². The van der Waals surface area contributed by atoms with Crippen molar-refractivity contribution in [2.75, 3.05) is 0 Å². The van der Waals surface area contributed by atoms with Gasteiger partial charge < -0.3 is 10.4 Å². The van der Waals surface area contributed by atoms with Gasteiger partial charge in [0.1, 0.15) is 0 Å². The van der Waals surface area contributed by atoms with Gasteiger partial charge in [0.25, 0.3) is 0 Å². The summed E-state index contributed by atoms with van der Waals surface area (Å²) in [6, 6.07) is -0.245. The van der Waals surface area contributed by atoms with E-state index in [-0.39, 0.29) is 17.2 Å². The molecule has 0 spiro atoms. The van der Waals surface area contributed by atoms with Crippen molar-refractivity contribution in [2.24, 2.45) is 0 Å². The Hall–Kier alpha value is -1.09. The number of aliphatic carboxylic acids is 1. The highest BCUT2D eigenvalue weighted by Gasteiger charge is 2.21. The molecule has 0 aromatic rings. The highest BCUT2D eigenvalue weighted by atomic mass is 16.4. The fourth-order valence-corrected chi connectivity index (χ4v) is 1.13. The second-order valence-corrected chi connectivity index (χ2v) is 4.30. The smallest absolute Gasteiger partial charge is 0.332 e. The molecule has 0 bridgehead atoms. The molecule has 1 atom stereocenters. The van der Waals surface area contributed by atoms with Crippen LogP contribution in [0, 0.1) is 0 Å². The van der Waals surface area contributed by atoms with Crippen molar-refractivity contribution < 1.29 is 9.90 Å². The van der Waals surface area contributed by atoms with Crippen molar-refractivity contribution in [2.45, 2.75) is 38.8 Å². The van der Waals surface area contributed by atoms with Gasteiger partial charge >= 0.3 is 5.97 Å². The standard InChI is InChI=1S/C11H19NO2/c1-6-7-9(8(2)10(13)14)12-11(3,4)5/h6,9,12H,1-2,7H2,3-5H3,(H,13,14). The zero-order valence-electron chi connectivity index (χ0n) is 9.13. The number of nitrogens with one attached hydrogen (secondary N) is 1. The van der Waals surface area contributed by atoms with Crippen LogP contribution in [0.15, 0.2) is 24.8 Å². The van der Waals surface area contributed by atoms with Gasteiger partial charge in [-0.2, -0.15) is 0 Å². The van der Waals surface area contributed by atoms with Crippen molar-refractivity contribution in [3.05, 3.63) is 24.8 Å². The third kappa shape index (κ3) is 4.82. The van der Waals surface area contributed by atoms with Gasteiger partial charge in [-0.3, -0.25) is 0 Å². The van der Waals surface area contributed by atoms with Gasteiger partial charge in [0.2, 0.25) is 0 Å². The Morgan fingerprint density at radius 2 is 2.07 bits per heavy atom. The largest absolute Gasteiger partial charge is 0.478 e. The minimum atomic E-state index is -0.964. The summed E-state index contributed by atoms with van der Waals surface area (Å²) in [7, 11) is 0. The highest BCUT2D eigenvalue weighted by Crippen LogP contribution is 2.11. The Bertz CT molecular complexity index is 238. The molecule has 0 aromatic carbocycles. The Kier molecular flexibility index (Phi) is 4.57. The summed E-state index contributed by atoms with van der Waals surface area (Å²) in [5.41, 5.74) is 0.0475. The topological polar surface area (TPSA) is 49.3 Å². The van der Waals surface area contributed by atoms with Crippen LogP contribution in [0.25, 0.3) is 0 Å². The molecule has 2 N–H and O–H groups in total. The summed E-state index contributed by atoms with van der Waals surface area (Å²) in [4.78, 5) is 10.7. The van der Waals surface area contributed by atoms with Gasteiger partial charge in [0.15, 0.2) is 0 Å². The maximum absolute atomic E-state index is 10.7. The molecule has 0 fully saturated rings. The summed E-state index contributed by atoms with van der Waals surface area (Å²) in [6.45, 7) is 13.1. The number of rotatable bonds is 5. The molecule has 0 saturated carbocycles. The van der Waals surface area contributed by atoms with E-state index in [2.05, 4.69) is 18.5 Å². The van der Waals surface area contributed by atoms with Gasteiger partial charge in [0, 0.05) is 17.2 Å². The number of hydrogen-bond donors (Lipinski definition) is 2. The van der Waals surface area contributed by atoms with Crippen LogP contribution in [-0.4, -0.2) is 22.7 Å². The number of carboxylic acid groups (broad SMARTS) is 1. The molecule has 14 heavy (non-hydrogen) atoms. The van der Waals surface area contributed by atoms with Gasteiger partial charge in [0.05, 0.1) is 0 Å². The van der Waals surface area contributed by atoms with E-state index in [9.17, 15) is 4.79 Å². The maximum atomic E-state index is 10.7. The third-order valence-electron chi connectivity index (χ3n) is 1.70. The predicted molar refractivity (Wildman–Crippen MR) is 58.3 cm³/mol. The maximum Gasteiger partial charge on any atom is 0.332 e.